The van der Waals surface area contributed by atoms with Gasteiger partial charge >= 0.3 is 0 Å². The highest BCUT2D eigenvalue weighted by atomic mass is 16.3. The number of aromatic nitrogens is 1. The van der Waals surface area contributed by atoms with E-state index in [4.69, 9.17) is 10.2 Å². The molecule has 0 spiro atoms. The van der Waals surface area contributed by atoms with Crippen LogP contribution in [0.1, 0.15) is 39.5 Å². The molecule has 2 rings (SSSR count). The molecule has 3 nitrogen and oxygen atoms in total. The van der Waals surface area contributed by atoms with Crippen LogP contribution in [0, 0.1) is 11.3 Å². The second-order valence-corrected chi connectivity index (χ2v) is 6.25. The van der Waals surface area contributed by atoms with Gasteiger partial charge in [-0.3, -0.25) is 0 Å². The van der Waals surface area contributed by atoms with E-state index in [2.05, 4.69) is 25.8 Å². The fraction of sp³-hybridized carbons (Fsp3) is 0.562. The maximum absolute atomic E-state index is 5.77. The van der Waals surface area contributed by atoms with E-state index in [0.29, 0.717) is 5.92 Å². The Morgan fingerprint density at radius 3 is 2.58 bits per heavy atom. The molecule has 0 amide bonds. The van der Waals surface area contributed by atoms with Gasteiger partial charge < -0.3 is 10.2 Å². The third-order valence-electron chi connectivity index (χ3n) is 3.78. The molecule has 0 saturated carbocycles. The molecule has 1 atom stereocenters. The summed E-state index contributed by atoms with van der Waals surface area (Å²) >= 11 is 0. The van der Waals surface area contributed by atoms with Gasteiger partial charge in [0.15, 0.2) is 11.5 Å². The zero-order chi connectivity index (χ0) is 13.9. The smallest absolute Gasteiger partial charge is 0.195 e. The molecule has 1 aromatic heterocycles. The number of hydrogen-bond donors (Lipinski definition) is 1. The molecule has 0 aliphatic heterocycles. The molecule has 19 heavy (non-hydrogen) atoms. The molecule has 0 radical (unpaired) electrons. The third kappa shape index (κ3) is 3.57. The van der Waals surface area contributed by atoms with Crippen molar-refractivity contribution in [2.24, 2.45) is 17.1 Å². The summed E-state index contributed by atoms with van der Waals surface area (Å²) in [5, 5.41) is 0. The molecular weight excluding hydrogens is 236 g/mol. The monoisotopic (exact) mass is 260 g/mol. The van der Waals surface area contributed by atoms with Crippen molar-refractivity contribution in [1.29, 1.82) is 0 Å². The van der Waals surface area contributed by atoms with Gasteiger partial charge in [-0.25, -0.2) is 4.98 Å². The number of hydrogen-bond acceptors (Lipinski definition) is 3. The molecule has 1 heterocycles. The average Bonchev–Trinajstić information content (AvgIpc) is 2.75. The SMILES string of the molecule is CC(C)(C)C(CCN)CCc1nc2ccccc2o1. The number of aryl methyl sites for hydroxylation is 1. The lowest BCUT2D eigenvalue weighted by atomic mass is 9.76. The molecule has 2 aromatic rings. The van der Waals surface area contributed by atoms with Crippen molar-refractivity contribution < 1.29 is 4.42 Å². The Bertz CT molecular complexity index is 492. The molecule has 0 saturated heterocycles. The number of nitrogens with two attached hydrogens (primary N) is 1. The van der Waals surface area contributed by atoms with Crippen molar-refractivity contribution >= 4 is 11.1 Å². The van der Waals surface area contributed by atoms with Crippen LogP contribution in [0.3, 0.4) is 0 Å². The number of rotatable bonds is 5. The fourth-order valence-electron chi connectivity index (χ4n) is 2.54. The van der Waals surface area contributed by atoms with Crippen molar-refractivity contribution in [1.82, 2.24) is 4.98 Å². The maximum atomic E-state index is 5.77. The first-order valence-corrected chi connectivity index (χ1v) is 7.05. The van der Waals surface area contributed by atoms with Crippen molar-refractivity contribution in [3.63, 3.8) is 0 Å². The number of para-hydroxylation sites is 2. The van der Waals surface area contributed by atoms with Crippen LogP contribution in [0.4, 0.5) is 0 Å². The summed E-state index contributed by atoms with van der Waals surface area (Å²) in [7, 11) is 0. The Kier molecular flexibility index (Phi) is 4.25. The summed E-state index contributed by atoms with van der Waals surface area (Å²) in [4.78, 5) is 4.53. The van der Waals surface area contributed by atoms with Crippen LogP contribution in [0.15, 0.2) is 28.7 Å². The lowest BCUT2D eigenvalue weighted by molar-refractivity contribution is 0.211. The summed E-state index contributed by atoms with van der Waals surface area (Å²) in [5.74, 6) is 1.44. The first-order valence-electron chi connectivity index (χ1n) is 7.05. The Labute approximate surface area is 115 Å². The van der Waals surface area contributed by atoms with E-state index < -0.39 is 0 Å². The highest BCUT2D eigenvalue weighted by Crippen LogP contribution is 2.32. The summed E-state index contributed by atoms with van der Waals surface area (Å²) in [6.07, 6.45) is 3.02. The van der Waals surface area contributed by atoms with E-state index in [9.17, 15) is 0 Å². The van der Waals surface area contributed by atoms with Gasteiger partial charge in [-0.1, -0.05) is 32.9 Å². The van der Waals surface area contributed by atoms with Crippen molar-refractivity contribution in [2.45, 2.75) is 40.0 Å². The minimum Gasteiger partial charge on any atom is -0.441 e. The van der Waals surface area contributed by atoms with Gasteiger partial charge in [0.1, 0.15) is 5.52 Å². The standard InChI is InChI=1S/C16H24N2O/c1-16(2,3)12(10-11-17)8-9-15-18-13-6-4-5-7-14(13)19-15/h4-7,12H,8-11,17H2,1-3H3. The van der Waals surface area contributed by atoms with Gasteiger partial charge in [-0.05, 0) is 42.9 Å². The van der Waals surface area contributed by atoms with Crippen LogP contribution in [-0.4, -0.2) is 11.5 Å². The van der Waals surface area contributed by atoms with Crippen molar-refractivity contribution in [3.05, 3.63) is 30.2 Å². The number of fused-ring (bicyclic) bond motifs is 1. The quantitative estimate of drug-likeness (QED) is 0.890. The molecule has 2 N–H and O–H groups in total. The van der Waals surface area contributed by atoms with Gasteiger partial charge in [0.25, 0.3) is 0 Å². The van der Waals surface area contributed by atoms with Crippen molar-refractivity contribution in [3.8, 4) is 0 Å². The largest absolute Gasteiger partial charge is 0.441 e. The molecule has 1 unspecified atom stereocenters. The second-order valence-electron chi connectivity index (χ2n) is 6.25. The van der Waals surface area contributed by atoms with Crippen LogP contribution in [0.25, 0.3) is 11.1 Å². The minimum absolute atomic E-state index is 0.283. The van der Waals surface area contributed by atoms with Gasteiger partial charge in [0, 0.05) is 6.42 Å². The van der Waals surface area contributed by atoms with Crippen LogP contribution >= 0.6 is 0 Å². The number of nitrogens with zero attached hydrogens (tertiary/aromatic N) is 1. The zero-order valence-corrected chi connectivity index (χ0v) is 12.1. The van der Waals surface area contributed by atoms with E-state index in [-0.39, 0.29) is 5.41 Å². The summed E-state index contributed by atoms with van der Waals surface area (Å²) in [6, 6.07) is 7.92. The minimum atomic E-state index is 0.283. The highest BCUT2D eigenvalue weighted by molar-refractivity contribution is 5.72. The molecule has 0 fully saturated rings. The van der Waals surface area contributed by atoms with Crippen LogP contribution in [0.2, 0.25) is 0 Å². The average molecular weight is 260 g/mol. The fourth-order valence-corrected chi connectivity index (χ4v) is 2.54. The number of oxazole rings is 1. The second kappa shape index (κ2) is 5.74. The first-order chi connectivity index (χ1) is 9.00. The molecule has 1 aromatic carbocycles. The van der Waals surface area contributed by atoms with Gasteiger partial charge in [0.05, 0.1) is 0 Å². The number of benzene rings is 1. The van der Waals surface area contributed by atoms with E-state index in [0.717, 1.165) is 42.8 Å². The molecular formula is C16H24N2O. The van der Waals surface area contributed by atoms with Gasteiger partial charge in [0.2, 0.25) is 0 Å². The zero-order valence-electron chi connectivity index (χ0n) is 12.1. The van der Waals surface area contributed by atoms with Crippen LogP contribution in [-0.2, 0) is 6.42 Å². The topological polar surface area (TPSA) is 52.0 Å². The molecule has 0 aliphatic rings. The van der Waals surface area contributed by atoms with Crippen LogP contribution in [0.5, 0.6) is 0 Å². The Hall–Kier alpha value is -1.35. The summed E-state index contributed by atoms with van der Waals surface area (Å²) < 4.78 is 5.77. The first kappa shape index (κ1) is 14.1. The van der Waals surface area contributed by atoms with Crippen LogP contribution < -0.4 is 5.73 Å². The Morgan fingerprint density at radius 1 is 1.21 bits per heavy atom. The highest BCUT2D eigenvalue weighted by Gasteiger charge is 2.24. The van der Waals surface area contributed by atoms with Gasteiger partial charge in [-0.2, -0.15) is 0 Å². The molecule has 0 aliphatic carbocycles. The van der Waals surface area contributed by atoms with E-state index in [1.807, 2.05) is 24.3 Å². The predicted molar refractivity (Wildman–Crippen MR) is 78.9 cm³/mol. The predicted octanol–water partition coefficient (Wildman–Crippen LogP) is 3.77. The third-order valence-corrected chi connectivity index (χ3v) is 3.78. The normalized spacial score (nSPS) is 13.9. The summed E-state index contributed by atoms with van der Waals surface area (Å²) in [6.45, 7) is 7.58. The van der Waals surface area contributed by atoms with E-state index >= 15 is 0 Å². The van der Waals surface area contributed by atoms with Crippen molar-refractivity contribution in [2.75, 3.05) is 6.54 Å². The lowest BCUT2D eigenvalue weighted by Gasteiger charge is -2.30. The molecule has 0 bridgehead atoms. The van der Waals surface area contributed by atoms with E-state index in [1.54, 1.807) is 0 Å². The van der Waals surface area contributed by atoms with Gasteiger partial charge in [-0.15, -0.1) is 0 Å². The maximum Gasteiger partial charge on any atom is 0.195 e. The lowest BCUT2D eigenvalue weighted by Crippen LogP contribution is -2.24. The Balaban J connectivity index is 2.04. The van der Waals surface area contributed by atoms with E-state index in [1.165, 1.54) is 0 Å². The Morgan fingerprint density at radius 2 is 1.95 bits per heavy atom. The summed E-state index contributed by atoms with van der Waals surface area (Å²) in [5.41, 5.74) is 7.83. The molecule has 3 heteroatoms. The molecule has 104 valence electrons.